The molecule has 2 aliphatic rings. The number of morpholine rings is 1. The normalized spacial score (nSPS) is 17.5. The fraction of sp³-hybridized carbons (Fsp3) is 0.385. The molecule has 0 aliphatic carbocycles. The molecule has 5 heterocycles. The summed E-state index contributed by atoms with van der Waals surface area (Å²) in [5.74, 6) is 1.38. The standard InChI is InChI=1S/C26H25BrN4O3S2/c1-26(2)11-17-18(12-34-26)23(31-7-9-33-10-8-31)30-24-20(17)21-22(36-24)25(29-14-28-21)35-13-19(32)15-3-5-16(27)6-4-15/h3-6,14H,7-13H2,1-2H3. The van der Waals surface area contributed by atoms with Crippen molar-refractivity contribution in [3.05, 3.63) is 51.8 Å². The van der Waals surface area contributed by atoms with E-state index >= 15 is 0 Å². The van der Waals surface area contributed by atoms with Crippen molar-refractivity contribution in [3.63, 3.8) is 0 Å². The van der Waals surface area contributed by atoms with E-state index in [4.69, 9.17) is 19.4 Å². The molecule has 1 fully saturated rings. The van der Waals surface area contributed by atoms with E-state index in [-0.39, 0.29) is 11.4 Å². The molecular formula is C26H25BrN4O3S2. The number of pyridine rings is 1. The molecule has 0 atom stereocenters. The minimum absolute atomic E-state index is 0.0735. The number of thioether (sulfide) groups is 1. The smallest absolute Gasteiger partial charge is 0.173 e. The Morgan fingerprint density at radius 2 is 1.94 bits per heavy atom. The molecule has 1 saturated heterocycles. The molecule has 2 aliphatic heterocycles. The minimum atomic E-state index is -0.264. The molecule has 10 heteroatoms. The number of nitrogens with zero attached hydrogens (tertiary/aromatic N) is 4. The first-order chi connectivity index (χ1) is 17.4. The molecule has 0 amide bonds. The van der Waals surface area contributed by atoms with Gasteiger partial charge >= 0.3 is 0 Å². The number of aromatic nitrogens is 3. The number of ether oxygens (including phenoxy) is 2. The molecule has 0 unspecified atom stereocenters. The predicted molar refractivity (Wildman–Crippen MR) is 148 cm³/mol. The number of benzene rings is 1. The van der Waals surface area contributed by atoms with Crippen LogP contribution < -0.4 is 4.90 Å². The van der Waals surface area contributed by atoms with Gasteiger partial charge in [0.25, 0.3) is 0 Å². The molecule has 0 N–H and O–H groups in total. The Kier molecular flexibility index (Phi) is 6.49. The first-order valence-corrected chi connectivity index (χ1v) is 14.5. The number of hydrogen-bond acceptors (Lipinski definition) is 9. The van der Waals surface area contributed by atoms with Crippen molar-refractivity contribution in [1.29, 1.82) is 0 Å². The Labute approximate surface area is 225 Å². The van der Waals surface area contributed by atoms with Crippen LogP contribution in [-0.4, -0.2) is 58.4 Å². The van der Waals surface area contributed by atoms with Gasteiger partial charge in [0.2, 0.25) is 0 Å². The van der Waals surface area contributed by atoms with E-state index in [9.17, 15) is 4.79 Å². The number of carbonyl (C=O) groups is 1. The maximum Gasteiger partial charge on any atom is 0.173 e. The molecule has 0 bridgehead atoms. The second kappa shape index (κ2) is 9.64. The van der Waals surface area contributed by atoms with Crippen LogP contribution in [0.2, 0.25) is 0 Å². The molecule has 3 aromatic heterocycles. The van der Waals surface area contributed by atoms with Gasteiger partial charge in [-0.2, -0.15) is 0 Å². The quantitative estimate of drug-likeness (QED) is 0.169. The van der Waals surface area contributed by atoms with Crippen LogP contribution in [0.5, 0.6) is 0 Å². The number of anilines is 1. The average molecular weight is 586 g/mol. The van der Waals surface area contributed by atoms with E-state index in [0.29, 0.717) is 31.1 Å². The number of halogens is 1. The zero-order chi connectivity index (χ0) is 24.9. The highest BCUT2D eigenvalue weighted by atomic mass is 79.9. The average Bonchev–Trinajstić information content (AvgIpc) is 3.26. The minimum Gasteiger partial charge on any atom is -0.378 e. The molecule has 6 rings (SSSR count). The van der Waals surface area contributed by atoms with Gasteiger partial charge in [-0.15, -0.1) is 11.3 Å². The van der Waals surface area contributed by atoms with Crippen LogP contribution in [0.15, 0.2) is 40.1 Å². The lowest BCUT2D eigenvalue weighted by molar-refractivity contribution is -0.0396. The lowest BCUT2D eigenvalue weighted by Gasteiger charge is -2.36. The Bertz CT molecular complexity index is 1470. The fourth-order valence-corrected chi connectivity index (χ4v) is 7.15. The highest BCUT2D eigenvalue weighted by Crippen LogP contribution is 2.44. The summed E-state index contributed by atoms with van der Waals surface area (Å²) in [5, 5.41) is 1.92. The number of rotatable bonds is 5. The van der Waals surface area contributed by atoms with Crippen molar-refractivity contribution in [2.45, 2.75) is 37.5 Å². The fourth-order valence-electron chi connectivity index (χ4n) is 4.76. The SMILES string of the molecule is CC1(C)Cc2c(c(N3CCOCC3)nc3sc4c(SCC(=O)c5ccc(Br)cc5)ncnc4c23)CO1. The number of ketones is 1. The largest absolute Gasteiger partial charge is 0.378 e. The molecule has 186 valence electrons. The summed E-state index contributed by atoms with van der Waals surface area (Å²) in [6.07, 6.45) is 2.40. The van der Waals surface area contributed by atoms with Crippen LogP contribution in [0.4, 0.5) is 5.82 Å². The van der Waals surface area contributed by atoms with E-state index in [1.54, 1.807) is 17.7 Å². The highest BCUT2D eigenvalue weighted by molar-refractivity contribution is 9.10. The maximum atomic E-state index is 12.8. The molecular weight excluding hydrogens is 560 g/mol. The van der Waals surface area contributed by atoms with Crippen LogP contribution in [0.1, 0.15) is 35.3 Å². The van der Waals surface area contributed by atoms with Gasteiger partial charge in [0.15, 0.2) is 5.78 Å². The van der Waals surface area contributed by atoms with E-state index in [1.165, 1.54) is 17.3 Å². The van der Waals surface area contributed by atoms with Crippen LogP contribution in [0, 0.1) is 0 Å². The number of thiophene rings is 1. The summed E-state index contributed by atoms with van der Waals surface area (Å²) in [5.41, 5.74) is 3.77. The van der Waals surface area contributed by atoms with Crippen molar-refractivity contribution >= 4 is 71.1 Å². The lowest BCUT2D eigenvalue weighted by Crippen LogP contribution is -2.39. The molecule has 4 aromatic rings. The summed E-state index contributed by atoms with van der Waals surface area (Å²) in [4.78, 5) is 30.5. The van der Waals surface area contributed by atoms with Gasteiger partial charge in [0.05, 0.1) is 41.4 Å². The van der Waals surface area contributed by atoms with Crippen molar-refractivity contribution in [2.24, 2.45) is 0 Å². The zero-order valence-corrected chi connectivity index (χ0v) is 23.3. The van der Waals surface area contributed by atoms with Gasteiger partial charge in [-0.05, 0) is 31.5 Å². The van der Waals surface area contributed by atoms with Crippen molar-refractivity contribution in [1.82, 2.24) is 15.0 Å². The first kappa shape index (κ1) is 24.2. The van der Waals surface area contributed by atoms with E-state index in [0.717, 1.165) is 60.8 Å². The van der Waals surface area contributed by atoms with Crippen molar-refractivity contribution < 1.29 is 14.3 Å². The summed E-state index contributed by atoms with van der Waals surface area (Å²) in [7, 11) is 0. The first-order valence-electron chi connectivity index (χ1n) is 11.9. The topological polar surface area (TPSA) is 77.4 Å². The van der Waals surface area contributed by atoms with Crippen LogP contribution >= 0.6 is 39.0 Å². The van der Waals surface area contributed by atoms with Gasteiger partial charge in [0, 0.05) is 40.5 Å². The maximum absolute atomic E-state index is 12.8. The molecule has 36 heavy (non-hydrogen) atoms. The Balaban J connectivity index is 1.42. The monoisotopic (exact) mass is 584 g/mol. The summed E-state index contributed by atoms with van der Waals surface area (Å²) >= 11 is 6.50. The molecule has 1 aromatic carbocycles. The Morgan fingerprint density at radius 1 is 1.17 bits per heavy atom. The summed E-state index contributed by atoms with van der Waals surface area (Å²) in [6, 6.07) is 7.46. The lowest BCUT2D eigenvalue weighted by atomic mass is 9.90. The van der Waals surface area contributed by atoms with Gasteiger partial charge in [-0.25, -0.2) is 15.0 Å². The Morgan fingerprint density at radius 3 is 2.72 bits per heavy atom. The van der Waals surface area contributed by atoms with Gasteiger partial charge in [-0.1, -0.05) is 39.8 Å². The number of Topliss-reactive ketones (excluding diaryl/α,β-unsaturated/α-hetero) is 1. The Hall–Kier alpha value is -2.11. The van der Waals surface area contributed by atoms with E-state index in [1.807, 2.05) is 24.3 Å². The van der Waals surface area contributed by atoms with Gasteiger partial charge in [-0.3, -0.25) is 4.79 Å². The van der Waals surface area contributed by atoms with Gasteiger partial charge in [0.1, 0.15) is 22.0 Å². The summed E-state index contributed by atoms with van der Waals surface area (Å²) < 4.78 is 13.8. The van der Waals surface area contributed by atoms with E-state index in [2.05, 4.69) is 39.7 Å². The third kappa shape index (κ3) is 4.54. The van der Waals surface area contributed by atoms with E-state index < -0.39 is 0 Å². The van der Waals surface area contributed by atoms with Crippen LogP contribution in [-0.2, 0) is 22.5 Å². The predicted octanol–water partition coefficient (Wildman–Crippen LogP) is 5.66. The van der Waals surface area contributed by atoms with Crippen molar-refractivity contribution in [3.8, 4) is 0 Å². The second-order valence-electron chi connectivity index (χ2n) is 9.57. The second-order valence-corrected chi connectivity index (χ2v) is 12.5. The van der Waals surface area contributed by atoms with Crippen LogP contribution in [0.3, 0.4) is 0 Å². The summed E-state index contributed by atoms with van der Waals surface area (Å²) in [6.45, 7) is 7.84. The van der Waals surface area contributed by atoms with Crippen molar-refractivity contribution in [2.75, 3.05) is 37.0 Å². The van der Waals surface area contributed by atoms with Crippen LogP contribution in [0.25, 0.3) is 20.4 Å². The molecule has 0 saturated carbocycles. The number of hydrogen-bond donors (Lipinski definition) is 0. The zero-order valence-electron chi connectivity index (χ0n) is 20.0. The third-order valence-electron chi connectivity index (χ3n) is 6.59. The highest BCUT2D eigenvalue weighted by Gasteiger charge is 2.33. The number of fused-ring (bicyclic) bond motifs is 5. The van der Waals surface area contributed by atoms with Gasteiger partial charge < -0.3 is 14.4 Å². The number of carbonyl (C=O) groups excluding carboxylic acids is 1. The molecule has 0 radical (unpaired) electrons. The third-order valence-corrected chi connectivity index (χ3v) is 9.32. The molecule has 0 spiro atoms. The molecule has 7 nitrogen and oxygen atoms in total.